The van der Waals surface area contributed by atoms with E-state index in [0.717, 1.165) is 11.8 Å². The minimum Gasteiger partial charge on any atom is -0.507 e. The fraction of sp³-hybridized carbons (Fsp3) is 0.0769. The molecule has 1 amide bonds. The van der Waals surface area contributed by atoms with Gasteiger partial charge in [0.15, 0.2) is 0 Å². The van der Waals surface area contributed by atoms with Crippen LogP contribution < -0.4 is 5.32 Å². The fourth-order valence-corrected chi connectivity index (χ4v) is 1.55. The van der Waals surface area contributed by atoms with Crippen LogP contribution in [-0.2, 0) is 0 Å². The summed E-state index contributed by atoms with van der Waals surface area (Å²) in [5.41, 5.74) is 0.854. The second-order valence-corrected chi connectivity index (χ2v) is 3.77. The first kappa shape index (κ1) is 12.0. The molecule has 5 heteroatoms. The van der Waals surface area contributed by atoms with Crippen molar-refractivity contribution in [1.29, 1.82) is 0 Å². The molecule has 0 aliphatic heterocycles. The smallest absolute Gasteiger partial charge is 0.262 e. The highest BCUT2D eigenvalue weighted by Crippen LogP contribution is 2.21. The van der Waals surface area contributed by atoms with E-state index >= 15 is 0 Å². The monoisotopic (exact) mass is 246 g/mol. The van der Waals surface area contributed by atoms with Gasteiger partial charge in [-0.05, 0) is 31.2 Å². The maximum absolute atomic E-state index is 13.4. The van der Waals surface area contributed by atoms with Gasteiger partial charge < -0.3 is 10.4 Å². The number of aromatic hydroxyl groups is 1. The SMILES string of the molecule is Cc1cc(NC(=O)c2c(O)cccc2F)ccn1. The van der Waals surface area contributed by atoms with E-state index in [4.69, 9.17) is 0 Å². The molecule has 0 fully saturated rings. The van der Waals surface area contributed by atoms with Crippen LogP contribution in [0.4, 0.5) is 10.1 Å². The van der Waals surface area contributed by atoms with Crippen molar-refractivity contribution in [2.24, 2.45) is 0 Å². The number of nitrogens with one attached hydrogen (secondary N) is 1. The lowest BCUT2D eigenvalue weighted by Crippen LogP contribution is -2.14. The van der Waals surface area contributed by atoms with Crippen LogP contribution in [0.25, 0.3) is 0 Å². The maximum atomic E-state index is 13.4. The summed E-state index contributed by atoms with van der Waals surface area (Å²) < 4.78 is 13.4. The lowest BCUT2D eigenvalue weighted by atomic mass is 10.1. The van der Waals surface area contributed by atoms with Crippen molar-refractivity contribution >= 4 is 11.6 Å². The number of hydrogen-bond acceptors (Lipinski definition) is 3. The highest BCUT2D eigenvalue weighted by atomic mass is 19.1. The van der Waals surface area contributed by atoms with Gasteiger partial charge in [-0.2, -0.15) is 0 Å². The number of aromatic nitrogens is 1. The summed E-state index contributed by atoms with van der Waals surface area (Å²) in [5, 5.41) is 12.0. The predicted octanol–water partition coefficient (Wildman–Crippen LogP) is 2.49. The highest BCUT2D eigenvalue weighted by molar-refractivity contribution is 6.06. The molecule has 18 heavy (non-hydrogen) atoms. The molecule has 2 rings (SSSR count). The van der Waals surface area contributed by atoms with E-state index in [1.807, 2.05) is 0 Å². The van der Waals surface area contributed by atoms with Crippen molar-refractivity contribution in [3.05, 3.63) is 53.6 Å². The van der Waals surface area contributed by atoms with E-state index in [2.05, 4.69) is 10.3 Å². The van der Waals surface area contributed by atoms with Crippen LogP contribution in [0.5, 0.6) is 5.75 Å². The average Bonchev–Trinajstić information content (AvgIpc) is 2.28. The summed E-state index contributed by atoms with van der Waals surface area (Å²) in [4.78, 5) is 15.8. The van der Waals surface area contributed by atoms with Crippen LogP contribution in [0.15, 0.2) is 36.5 Å². The van der Waals surface area contributed by atoms with E-state index in [-0.39, 0.29) is 5.56 Å². The Bertz CT molecular complexity index is 579. The van der Waals surface area contributed by atoms with Crippen LogP contribution in [0.2, 0.25) is 0 Å². The van der Waals surface area contributed by atoms with Gasteiger partial charge in [0.25, 0.3) is 5.91 Å². The molecule has 0 spiro atoms. The van der Waals surface area contributed by atoms with Gasteiger partial charge in [-0.15, -0.1) is 0 Å². The van der Waals surface area contributed by atoms with Gasteiger partial charge in [0.1, 0.15) is 17.1 Å². The van der Waals surface area contributed by atoms with Crippen LogP contribution in [-0.4, -0.2) is 16.0 Å². The number of phenols is 1. The van der Waals surface area contributed by atoms with Gasteiger partial charge in [0.05, 0.1) is 0 Å². The Morgan fingerprint density at radius 2 is 2.17 bits per heavy atom. The van der Waals surface area contributed by atoms with Gasteiger partial charge in [0.2, 0.25) is 0 Å². The number of aryl methyl sites for hydroxylation is 1. The molecule has 2 aromatic rings. The van der Waals surface area contributed by atoms with Gasteiger partial charge >= 0.3 is 0 Å². The standard InChI is InChI=1S/C13H11FN2O2/c1-8-7-9(5-6-15-8)16-13(18)12-10(14)3-2-4-11(12)17/h2-7,17H,1H3,(H,15,16,18). The zero-order chi connectivity index (χ0) is 13.1. The number of carbonyl (C=O) groups is 1. The number of phenolic OH excluding ortho intramolecular Hbond substituents is 1. The Labute approximate surface area is 103 Å². The molecule has 0 bridgehead atoms. The Balaban J connectivity index is 2.28. The molecular formula is C13H11FN2O2. The van der Waals surface area contributed by atoms with E-state index in [0.29, 0.717) is 5.69 Å². The first-order chi connectivity index (χ1) is 8.58. The molecule has 0 saturated heterocycles. The number of hydrogen-bond donors (Lipinski definition) is 2. The maximum Gasteiger partial charge on any atom is 0.262 e. The molecule has 0 aliphatic carbocycles. The van der Waals surface area contributed by atoms with Crippen LogP contribution in [0.3, 0.4) is 0 Å². The molecule has 0 saturated carbocycles. The van der Waals surface area contributed by atoms with Gasteiger partial charge in [-0.3, -0.25) is 9.78 Å². The summed E-state index contributed by atoms with van der Waals surface area (Å²) >= 11 is 0. The van der Waals surface area contributed by atoms with Gasteiger partial charge in [0, 0.05) is 17.6 Å². The summed E-state index contributed by atoms with van der Waals surface area (Å²) in [6.45, 7) is 1.77. The lowest BCUT2D eigenvalue weighted by molar-refractivity contribution is 0.102. The molecule has 1 aromatic heterocycles. The predicted molar refractivity (Wildman–Crippen MR) is 65.0 cm³/mol. The van der Waals surface area contributed by atoms with Crippen molar-refractivity contribution in [2.45, 2.75) is 6.92 Å². The number of nitrogens with zero attached hydrogens (tertiary/aromatic N) is 1. The molecule has 0 aliphatic rings. The molecule has 2 N–H and O–H groups in total. The topological polar surface area (TPSA) is 62.2 Å². The van der Waals surface area contributed by atoms with E-state index in [1.54, 1.807) is 19.1 Å². The van der Waals surface area contributed by atoms with Crippen molar-refractivity contribution < 1.29 is 14.3 Å². The van der Waals surface area contributed by atoms with Crippen molar-refractivity contribution in [3.63, 3.8) is 0 Å². The third-order valence-corrected chi connectivity index (χ3v) is 2.37. The number of pyridine rings is 1. The summed E-state index contributed by atoms with van der Waals surface area (Å²) in [7, 11) is 0. The first-order valence-electron chi connectivity index (χ1n) is 5.29. The van der Waals surface area contributed by atoms with Crippen LogP contribution in [0, 0.1) is 12.7 Å². The molecule has 92 valence electrons. The van der Waals surface area contributed by atoms with E-state index in [9.17, 15) is 14.3 Å². The first-order valence-corrected chi connectivity index (χ1v) is 5.29. The Morgan fingerprint density at radius 1 is 1.39 bits per heavy atom. The second-order valence-electron chi connectivity index (χ2n) is 3.77. The largest absolute Gasteiger partial charge is 0.507 e. The van der Waals surface area contributed by atoms with E-state index < -0.39 is 17.5 Å². The normalized spacial score (nSPS) is 10.1. The molecule has 0 atom stereocenters. The summed E-state index contributed by atoms with van der Waals surface area (Å²) in [6, 6.07) is 6.94. The van der Waals surface area contributed by atoms with E-state index in [1.165, 1.54) is 18.3 Å². The molecule has 0 unspecified atom stereocenters. The summed E-state index contributed by atoms with van der Waals surface area (Å²) in [5.74, 6) is -1.85. The van der Waals surface area contributed by atoms with Crippen molar-refractivity contribution in [2.75, 3.05) is 5.32 Å². The highest BCUT2D eigenvalue weighted by Gasteiger charge is 2.16. The molecular weight excluding hydrogens is 235 g/mol. The number of anilines is 1. The third kappa shape index (κ3) is 2.45. The molecule has 1 heterocycles. The Morgan fingerprint density at radius 3 is 2.83 bits per heavy atom. The van der Waals surface area contributed by atoms with Gasteiger partial charge in [-0.1, -0.05) is 6.07 Å². The summed E-state index contributed by atoms with van der Waals surface area (Å²) in [6.07, 6.45) is 1.53. The quantitative estimate of drug-likeness (QED) is 0.855. The molecule has 1 aromatic carbocycles. The average molecular weight is 246 g/mol. The second kappa shape index (κ2) is 4.83. The van der Waals surface area contributed by atoms with Crippen molar-refractivity contribution in [3.8, 4) is 5.75 Å². The molecule has 4 nitrogen and oxygen atoms in total. The molecule has 0 radical (unpaired) electrons. The minimum absolute atomic E-state index is 0.369. The zero-order valence-electron chi connectivity index (χ0n) is 9.64. The number of amides is 1. The fourth-order valence-electron chi connectivity index (χ4n) is 1.55. The van der Waals surface area contributed by atoms with Crippen LogP contribution >= 0.6 is 0 Å². The lowest BCUT2D eigenvalue weighted by Gasteiger charge is -2.07. The third-order valence-electron chi connectivity index (χ3n) is 2.37. The van der Waals surface area contributed by atoms with Gasteiger partial charge in [-0.25, -0.2) is 4.39 Å². The number of carbonyl (C=O) groups excluding carboxylic acids is 1. The number of halogens is 1. The zero-order valence-corrected chi connectivity index (χ0v) is 9.64. The number of rotatable bonds is 2. The minimum atomic E-state index is -0.765. The van der Waals surface area contributed by atoms with Crippen LogP contribution in [0.1, 0.15) is 16.1 Å². The Kier molecular flexibility index (Phi) is 3.23. The Hall–Kier alpha value is -2.43. The number of benzene rings is 1. The van der Waals surface area contributed by atoms with Crippen molar-refractivity contribution in [1.82, 2.24) is 4.98 Å².